The van der Waals surface area contributed by atoms with E-state index in [1.54, 1.807) is 31.3 Å². The molecule has 2 aromatic carbocycles. The van der Waals surface area contributed by atoms with Gasteiger partial charge in [0.1, 0.15) is 0 Å². The van der Waals surface area contributed by atoms with Crippen LogP contribution in [0.1, 0.15) is 43.4 Å². The summed E-state index contributed by atoms with van der Waals surface area (Å²) in [5.41, 5.74) is 5.89. The van der Waals surface area contributed by atoms with Crippen LogP contribution in [0.3, 0.4) is 0 Å². The highest BCUT2D eigenvalue weighted by Crippen LogP contribution is 2.32. The monoisotopic (exact) mass is 438 g/mol. The number of esters is 1. The normalized spacial score (nSPS) is 11.7. The molecule has 0 aliphatic heterocycles. The van der Waals surface area contributed by atoms with Crippen LogP contribution < -0.4 is 4.73 Å². The van der Waals surface area contributed by atoms with Crippen molar-refractivity contribution < 1.29 is 14.3 Å². The molecule has 0 unspecified atom stereocenters. The SMILES string of the molecule is CCOC(=O)/C(=C\c1cccc(-c2cc(C(C)C)cc3cccnc23)c1)c1ccc[n+]([O-])c1. The molecule has 0 radical (unpaired) electrons. The van der Waals surface area contributed by atoms with Crippen molar-refractivity contribution in [3.63, 3.8) is 0 Å². The third-order valence-corrected chi connectivity index (χ3v) is 5.48. The molecule has 4 rings (SSSR count). The first-order chi connectivity index (χ1) is 16.0. The van der Waals surface area contributed by atoms with Gasteiger partial charge in [0.05, 0.1) is 23.3 Å². The van der Waals surface area contributed by atoms with Crippen molar-refractivity contribution in [2.45, 2.75) is 26.7 Å². The van der Waals surface area contributed by atoms with Crippen LogP contribution >= 0.6 is 0 Å². The minimum absolute atomic E-state index is 0.250. The molecule has 5 nitrogen and oxygen atoms in total. The maximum atomic E-state index is 12.7. The molecule has 166 valence electrons. The van der Waals surface area contributed by atoms with E-state index in [-0.39, 0.29) is 6.61 Å². The highest BCUT2D eigenvalue weighted by atomic mass is 16.5. The summed E-state index contributed by atoms with van der Waals surface area (Å²) < 4.78 is 5.93. The summed E-state index contributed by atoms with van der Waals surface area (Å²) in [7, 11) is 0. The Labute approximate surface area is 193 Å². The minimum atomic E-state index is -0.469. The second kappa shape index (κ2) is 9.65. The Morgan fingerprint density at radius 2 is 1.97 bits per heavy atom. The molecule has 2 heterocycles. The lowest BCUT2D eigenvalue weighted by Crippen LogP contribution is -2.25. The molecule has 33 heavy (non-hydrogen) atoms. The van der Waals surface area contributed by atoms with Gasteiger partial charge in [0, 0.05) is 23.2 Å². The zero-order valence-electron chi connectivity index (χ0n) is 19.0. The molecule has 0 bridgehead atoms. The van der Waals surface area contributed by atoms with Gasteiger partial charge in [-0.05, 0) is 65.9 Å². The maximum Gasteiger partial charge on any atom is 0.338 e. The Bertz CT molecular complexity index is 1340. The first kappa shape index (κ1) is 22.2. The topological polar surface area (TPSA) is 66.1 Å². The third-order valence-electron chi connectivity index (χ3n) is 5.48. The smallest absolute Gasteiger partial charge is 0.338 e. The standard InChI is InChI=1S/C28H26N2O3/c1-4-33-28(31)26(23-11-7-13-30(32)18-23)15-20-8-5-9-21(14-20)25-17-24(19(2)3)16-22-10-6-12-29-27(22)25/h5-19H,4H2,1-3H3/b26-15-. The van der Waals surface area contributed by atoms with Gasteiger partial charge in [0.15, 0.2) is 12.4 Å². The van der Waals surface area contributed by atoms with E-state index in [4.69, 9.17) is 4.74 Å². The Morgan fingerprint density at radius 3 is 2.73 bits per heavy atom. The van der Waals surface area contributed by atoms with E-state index in [9.17, 15) is 10.0 Å². The van der Waals surface area contributed by atoms with Gasteiger partial charge >= 0.3 is 5.97 Å². The fourth-order valence-corrected chi connectivity index (χ4v) is 3.81. The van der Waals surface area contributed by atoms with E-state index in [2.05, 4.69) is 37.0 Å². The number of carbonyl (C=O) groups excluding carboxylic acids is 1. The molecule has 0 atom stereocenters. The molecule has 0 fully saturated rings. The van der Waals surface area contributed by atoms with E-state index in [0.29, 0.717) is 21.8 Å². The van der Waals surface area contributed by atoms with E-state index < -0.39 is 5.97 Å². The average Bonchev–Trinajstić information content (AvgIpc) is 2.82. The highest BCUT2D eigenvalue weighted by molar-refractivity contribution is 6.21. The number of rotatable bonds is 6. The quantitative estimate of drug-likeness (QED) is 0.166. The summed E-state index contributed by atoms with van der Waals surface area (Å²) in [6.07, 6.45) is 6.32. The zero-order valence-corrected chi connectivity index (χ0v) is 19.0. The number of carbonyl (C=O) groups is 1. The van der Waals surface area contributed by atoms with Crippen LogP contribution in [0.5, 0.6) is 0 Å². The van der Waals surface area contributed by atoms with Gasteiger partial charge in [-0.15, -0.1) is 0 Å². The predicted molar refractivity (Wildman–Crippen MR) is 131 cm³/mol. The van der Waals surface area contributed by atoms with Crippen LogP contribution in [0.4, 0.5) is 0 Å². The van der Waals surface area contributed by atoms with E-state index in [1.807, 2.05) is 30.3 Å². The Kier molecular flexibility index (Phi) is 6.50. The Balaban J connectivity index is 1.85. The lowest BCUT2D eigenvalue weighted by Gasteiger charge is -2.13. The number of pyridine rings is 2. The van der Waals surface area contributed by atoms with Crippen molar-refractivity contribution in [3.8, 4) is 11.1 Å². The van der Waals surface area contributed by atoms with Gasteiger partial charge in [-0.3, -0.25) is 4.98 Å². The summed E-state index contributed by atoms with van der Waals surface area (Å²) >= 11 is 0. The molecule has 0 saturated heterocycles. The maximum absolute atomic E-state index is 12.7. The first-order valence-electron chi connectivity index (χ1n) is 11.0. The Morgan fingerprint density at radius 1 is 1.12 bits per heavy atom. The molecule has 0 amide bonds. The molecule has 0 aliphatic carbocycles. The second-order valence-electron chi connectivity index (χ2n) is 8.15. The average molecular weight is 439 g/mol. The second-order valence-corrected chi connectivity index (χ2v) is 8.15. The number of hydrogen-bond acceptors (Lipinski definition) is 4. The van der Waals surface area contributed by atoms with E-state index >= 15 is 0 Å². The van der Waals surface area contributed by atoms with Gasteiger partial charge in [0.25, 0.3) is 0 Å². The van der Waals surface area contributed by atoms with Gasteiger partial charge in [-0.1, -0.05) is 38.1 Å². The van der Waals surface area contributed by atoms with Crippen molar-refractivity contribution in [1.82, 2.24) is 4.98 Å². The largest absolute Gasteiger partial charge is 0.619 e. The summed E-state index contributed by atoms with van der Waals surface area (Å²) in [6.45, 7) is 6.36. The van der Waals surface area contributed by atoms with Crippen LogP contribution in [0.2, 0.25) is 0 Å². The molecule has 0 spiro atoms. The van der Waals surface area contributed by atoms with Crippen molar-refractivity contribution >= 4 is 28.5 Å². The molecule has 0 aliphatic rings. The number of ether oxygens (including phenoxy) is 1. The zero-order chi connectivity index (χ0) is 23.4. The molecule has 0 N–H and O–H groups in total. The molecular weight excluding hydrogens is 412 g/mol. The van der Waals surface area contributed by atoms with Crippen LogP contribution in [-0.4, -0.2) is 17.6 Å². The van der Waals surface area contributed by atoms with Crippen LogP contribution in [-0.2, 0) is 9.53 Å². The summed E-state index contributed by atoms with van der Waals surface area (Å²) in [5, 5.41) is 12.9. The van der Waals surface area contributed by atoms with Crippen molar-refractivity contribution in [1.29, 1.82) is 0 Å². The van der Waals surface area contributed by atoms with Crippen molar-refractivity contribution in [2.75, 3.05) is 6.61 Å². The molecular formula is C28H26N2O3. The molecule has 4 aromatic rings. The number of nitrogens with zero attached hydrogens (tertiary/aromatic N) is 2. The van der Waals surface area contributed by atoms with Crippen molar-refractivity contribution in [3.05, 3.63) is 101 Å². The van der Waals surface area contributed by atoms with Crippen molar-refractivity contribution in [2.24, 2.45) is 0 Å². The van der Waals surface area contributed by atoms with Crippen LogP contribution in [0, 0.1) is 5.21 Å². The van der Waals surface area contributed by atoms with Gasteiger partial charge in [-0.2, -0.15) is 4.73 Å². The lowest BCUT2D eigenvalue weighted by molar-refractivity contribution is -0.605. The minimum Gasteiger partial charge on any atom is -0.619 e. The van der Waals surface area contributed by atoms with Gasteiger partial charge < -0.3 is 9.94 Å². The molecule has 0 saturated carbocycles. The number of hydrogen-bond donors (Lipinski definition) is 0. The van der Waals surface area contributed by atoms with Crippen LogP contribution in [0.15, 0.2) is 79.3 Å². The predicted octanol–water partition coefficient (Wildman–Crippen LogP) is 5.76. The van der Waals surface area contributed by atoms with Crippen LogP contribution in [0.25, 0.3) is 33.7 Å². The fourth-order valence-electron chi connectivity index (χ4n) is 3.81. The van der Waals surface area contributed by atoms with E-state index in [1.165, 1.54) is 18.0 Å². The number of aromatic nitrogens is 2. The number of fused-ring (bicyclic) bond motifs is 1. The van der Waals surface area contributed by atoms with Gasteiger partial charge in [-0.25, -0.2) is 4.79 Å². The summed E-state index contributed by atoms with van der Waals surface area (Å²) in [4.78, 5) is 17.3. The number of benzene rings is 2. The van der Waals surface area contributed by atoms with Gasteiger partial charge in [0.2, 0.25) is 0 Å². The summed E-state index contributed by atoms with van der Waals surface area (Å²) in [5.74, 6) is -0.0910. The highest BCUT2D eigenvalue weighted by Gasteiger charge is 2.16. The Hall–Kier alpha value is -3.99. The fraction of sp³-hybridized carbons (Fsp3) is 0.179. The molecule has 5 heteroatoms. The first-order valence-corrected chi connectivity index (χ1v) is 11.0. The summed E-state index contributed by atoms with van der Waals surface area (Å²) in [6, 6.07) is 19.7. The van der Waals surface area contributed by atoms with E-state index in [0.717, 1.165) is 27.6 Å². The molecule has 2 aromatic heterocycles. The third kappa shape index (κ3) is 4.93. The lowest BCUT2D eigenvalue weighted by atomic mass is 9.93.